The van der Waals surface area contributed by atoms with Crippen molar-refractivity contribution in [1.82, 2.24) is 10.2 Å². The lowest BCUT2D eigenvalue weighted by atomic mass is 9.68. The molecule has 2 heterocycles. The van der Waals surface area contributed by atoms with Crippen molar-refractivity contribution in [1.29, 1.82) is 5.26 Å². The molecular formula is C32H34N6O2S2. The summed E-state index contributed by atoms with van der Waals surface area (Å²) in [4.78, 5) is 28.2. The SMILES string of the molecule is CCc1ccc(C2C(C#N)=C(N)N(c3nnc(SCC(=O)Nc4cccc(C)c4C)s3)C3=C2C(=O)CC(C)(C)C3)cc1. The second-order valence-electron chi connectivity index (χ2n) is 11.5. The summed E-state index contributed by atoms with van der Waals surface area (Å²) < 4.78 is 0.591. The van der Waals surface area contributed by atoms with Gasteiger partial charge < -0.3 is 11.1 Å². The Balaban J connectivity index is 1.46. The van der Waals surface area contributed by atoms with Crippen molar-refractivity contribution < 1.29 is 9.59 Å². The second-order valence-corrected chi connectivity index (χ2v) is 13.7. The minimum atomic E-state index is -0.536. The maximum absolute atomic E-state index is 13.7. The number of allylic oxidation sites excluding steroid dienone is 3. The molecule has 3 aromatic rings. The smallest absolute Gasteiger partial charge is 0.234 e. The Bertz CT molecular complexity index is 1660. The molecule has 0 fully saturated rings. The Labute approximate surface area is 254 Å². The van der Waals surface area contributed by atoms with Crippen LogP contribution in [0, 0.1) is 30.6 Å². The number of aromatic nitrogens is 2. The minimum absolute atomic E-state index is 0.0123. The summed E-state index contributed by atoms with van der Waals surface area (Å²) >= 11 is 2.57. The van der Waals surface area contributed by atoms with E-state index in [2.05, 4.69) is 42.4 Å². The Morgan fingerprint density at radius 3 is 2.62 bits per heavy atom. The lowest BCUT2D eigenvalue weighted by molar-refractivity contribution is -0.118. The highest BCUT2D eigenvalue weighted by molar-refractivity contribution is 8.01. The van der Waals surface area contributed by atoms with Crippen molar-refractivity contribution in [2.75, 3.05) is 16.0 Å². The topological polar surface area (TPSA) is 125 Å². The quantitative estimate of drug-likeness (QED) is 0.300. The molecule has 1 aliphatic carbocycles. The Hall–Kier alpha value is -3.94. The number of nitrogens with zero attached hydrogens (tertiary/aromatic N) is 4. The average Bonchev–Trinajstić information content (AvgIpc) is 3.41. The van der Waals surface area contributed by atoms with Gasteiger partial charge in [-0.25, -0.2) is 0 Å². The summed E-state index contributed by atoms with van der Waals surface area (Å²) in [6, 6.07) is 16.2. The molecule has 0 saturated carbocycles. The Morgan fingerprint density at radius 1 is 1.19 bits per heavy atom. The fourth-order valence-corrected chi connectivity index (χ4v) is 7.24. The van der Waals surface area contributed by atoms with Crippen LogP contribution in [-0.4, -0.2) is 27.6 Å². The molecular weight excluding hydrogens is 565 g/mol. The van der Waals surface area contributed by atoms with Crippen LogP contribution in [0.4, 0.5) is 10.8 Å². The number of nitrogens with one attached hydrogen (secondary N) is 1. The first-order chi connectivity index (χ1) is 20.0. The summed E-state index contributed by atoms with van der Waals surface area (Å²) in [6.45, 7) is 10.2. The molecule has 5 rings (SSSR count). The van der Waals surface area contributed by atoms with Crippen molar-refractivity contribution in [2.24, 2.45) is 11.1 Å². The number of thioether (sulfide) groups is 1. The lowest BCUT2D eigenvalue weighted by Crippen LogP contribution is -2.42. The second kappa shape index (κ2) is 11.7. The zero-order valence-corrected chi connectivity index (χ0v) is 26.1. The van der Waals surface area contributed by atoms with Crippen LogP contribution < -0.4 is 16.0 Å². The van der Waals surface area contributed by atoms with E-state index in [0.717, 1.165) is 34.5 Å². The fourth-order valence-electron chi connectivity index (χ4n) is 5.56. The van der Waals surface area contributed by atoms with Gasteiger partial charge in [0.2, 0.25) is 11.0 Å². The molecule has 216 valence electrons. The highest BCUT2D eigenvalue weighted by Crippen LogP contribution is 2.50. The minimum Gasteiger partial charge on any atom is -0.384 e. The molecule has 0 saturated heterocycles. The van der Waals surface area contributed by atoms with E-state index >= 15 is 0 Å². The number of hydrogen-bond acceptors (Lipinski definition) is 9. The van der Waals surface area contributed by atoms with E-state index in [4.69, 9.17) is 5.73 Å². The van der Waals surface area contributed by atoms with E-state index in [1.807, 2.05) is 56.3 Å². The van der Waals surface area contributed by atoms with Crippen molar-refractivity contribution in [3.05, 3.63) is 87.4 Å². The van der Waals surface area contributed by atoms with Crippen molar-refractivity contribution in [3.8, 4) is 6.07 Å². The maximum Gasteiger partial charge on any atom is 0.234 e. The third-order valence-electron chi connectivity index (χ3n) is 7.89. The molecule has 0 spiro atoms. The van der Waals surface area contributed by atoms with Gasteiger partial charge in [0, 0.05) is 23.4 Å². The number of anilines is 2. The zero-order valence-electron chi connectivity index (χ0n) is 24.4. The molecule has 1 unspecified atom stereocenters. The third kappa shape index (κ3) is 5.72. The number of benzene rings is 2. The summed E-state index contributed by atoms with van der Waals surface area (Å²) in [6.07, 6.45) is 1.87. The number of aryl methyl sites for hydroxylation is 2. The molecule has 10 heteroatoms. The molecule has 1 amide bonds. The van der Waals surface area contributed by atoms with Gasteiger partial charge in [0.15, 0.2) is 10.1 Å². The summed E-state index contributed by atoms with van der Waals surface area (Å²) in [5.41, 5.74) is 13.1. The number of carbonyl (C=O) groups excluding carboxylic acids is 2. The number of ketones is 1. The van der Waals surface area contributed by atoms with E-state index in [9.17, 15) is 14.9 Å². The largest absolute Gasteiger partial charge is 0.384 e. The molecule has 8 nitrogen and oxygen atoms in total. The lowest BCUT2D eigenvalue weighted by Gasteiger charge is -2.42. The van der Waals surface area contributed by atoms with E-state index in [-0.39, 0.29) is 28.7 Å². The summed E-state index contributed by atoms with van der Waals surface area (Å²) in [7, 11) is 0. The number of nitrogens with two attached hydrogens (primary N) is 1. The number of nitriles is 1. The number of amides is 1. The Kier molecular flexibility index (Phi) is 8.26. The zero-order chi connectivity index (χ0) is 30.2. The van der Waals surface area contributed by atoms with Crippen molar-refractivity contribution >= 4 is 45.6 Å². The van der Waals surface area contributed by atoms with Crippen LogP contribution in [0.1, 0.15) is 61.8 Å². The fraction of sp³-hybridized carbons (Fsp3) is 0.344. The van der Waals surface area contributed by atoms with Gasteiger partial charge >= 0.3 is 0 Å². The molecule has 3 N–H and O–H groups in total. The summed E-state index contributed by atoms with van der Waals surface area (Å²) in [5, 5.41) is 22.5. The van der Waals surface area contributed by atoms with E-state index in [0.29, 0.717) is 33.5 Å². The first-order valence-corrected chi connectivity index (χ1v) is 15.7. The van der Waals surface area contributed by atoms with E-state index in [1.165, 1.54) is 28.7 Å². The van der Waals surface area contributed by atoms with Crippen LogP contribution >= 0.6 is 23.1 Å². The van der Waals surface area contributed by atoms with Crippen molar-refractivity contribution in [2.45, 2.75) is 64.1 Å². The predicted octanol–water partition coefficient (Wildman–Crippen LogP) is 6.39. The highest BCUT2D eigenvalue weighted by Gasteiger charge is 2.45. The van der Waals surface area contributed by atoms with Gasteiger partial charge in [-0.1, -0.05) is 80.3 Å². The monoisotopic (exact) mass is 598 g/mol. The highest BCUT2D eigenvalue weighted by atomic mass is 32.2. The number of rotatable bonds is 7. The van der Waals surface area contributed by atoms with Gasteiger partial charge in [0.05, 0.1) is 23.3 Å². The molecule has 1 aromatic heterocycles. The van der Waals surface area contributed by atoms with Gasteiger partial charge in [-0.3, -0.25) is 14.5 Å². The molecule has 1 atom stereocenters. The molecule has 1 aliphatic heterocycles. The van der Waals surface area contributed by atoms with Crippen LogP contribution in [0.3, 0.4) is 0 Å². The predicted molar refractivity (Wildman–Crippen MR) is 168 cm³/mol. The summed E-state index contributed by atoms with van der Waals surface area (Å²) in [5.74, 6) is -0.251. The van der Waals surface area contributed by atoms with Crippen molar-refractivity contribution in [3.63, 3.8) is 0 Å². The van der Waals surface area contributed by atoms with Gasteiger partial charge in [-0.15, -0.1) is 10.2 Å². The van der Waals surface area contributed by atoms with Gasteiger partial charge in [-0.05, 0) is 60.4 Å². The normalized spacial score (nSPS) is 18.1. The Morgan fingerprint density at radius 2 is 1.93 bits per heavy atom. The molecule has 42 heavy (non-hydrogen) atoms. The molecule has 0 radical (unpaired) electrons. The molecule has 2 aromatic carbocycles. The van der Waals surface area contributed by atoms with E-state index in [1.54, 1.807) is 4.90 Å². The molecule has 0 bridgehead atoms. The van der Waals surface area contributed by atoms with Crippen LogP contribution in [0.15, 0.2) is 69.5 Å². The van der Waals surface area contributed by atoms with Gasteiger partial charge in [0.25, 0.3) is 0 Å². The number of hydrogen-bond donors (Lipinski definition) is 2. The number of Topliss-reactive ketones (excluding diaryl/α,β-unsaturated/α-hetero) is 1. The van der Waals surface area contributed by atoms with Crippen LogP contribution in [-0.2, 0) is 16.0 Å². The van der Waals surface area contributed by atoms with Gasteiger partial charge in [0.1, 0.15) is 5.82 Å². The first-order valence-electron chi connectivity index (χ1n) is 13.9. The first kappa shape index (κ1) is 29.5. The number of carbonyl (C=O) groups is 2. The third-order valence-corrected chi connectivity index (χ3v) is 9.94. The van der Waals surface area contributed by atoms with E-state index < -0.39 is 5.92 Å². The van der Waals surface area contributed by atoms with Crippen LogP contribution in [0.5, 0.6) is 0 Å². The maximum atomic E-state index is 13.7. The van der Waals surface area contributed by atoms with Gasteiger partial charge in [-0.2, -0.15) is 5.26 Å². The van der Waals surface area contributed by atoms with Crippen LogP contribution in [0.25, 0.3) is 0 Å². The average molecular weight is 599 g/mol. The standard InChI is InChI=1S/C32H34N6O2S2/c1-6-20-10-12-21(13-11-20)27-22(16-33)29(34)38(24-14-32(4,5)15-25(39)28(24)27)30-36-37-31(42-30)41-17-26(40)35-23-9-7-8-18(2)19(23)3/h7-13,27H,6,14-15,17,34H2,1-5H3,(H,35,40). The molecule has 2 aliphatic rings. The van der Waals surface area contributed by atoms with Crippen LogP contribution in [0.2, 0.25) is 0 Å².